The molecule has 2 aliphatic rings. The Morgan fingerprint density at radius 3 is 2.73 bits per heavy atom. The predicted molar refractivity (Wildman–Crippen MR) is 87.5 cm³/mol. The highest BCUT2D eigenvalue weighted by Crippen LogP contribution is 2.32. The molecule has 3 rings (SSSR count). The lowest BCUT2D eigenvalue weighted by molar-refractivity contribution is -0.116. The molecule has 116 valence electrons. The van der Waals surface area contributed by atoms with Gasteiger partial charge in [0, 0.05) is 25.6 Å². The molecule has 2 unspecified atom stereocenters. The van der Waals surface area contributed by atoms with Gasteiger partial charge in [0.2, 0.25) is 0 Å². The Hall–Kier alpha value is -1.94. The average molecular weight is 298 g/mol. The molecule has 0 saturated carbocycles. The molecule has 0 amide bonds. The molecule has 22 heavy (non-hydrogen) atoms. The van der Waals surface area contributed by atoms with Crippen molar-refractivity contribution in [3.05, 3.63) is 47.2 Å². The highest BCUT2D eigenvalue weighted by Gasteiger charge is 2.27. The fourth-order valence-corrected chi connectivity index (χ4v) is 3.16. The summed E-state index contributed by atoms with van der Waals surface area (Å²) in [4.78, 5) is 16.8. The largest absolute Gasteiger partial charge is 0.511 e. The van der Waals surface area contributed by atoms with E-state index in [0.717, 1.165) is 31.5 Å². The SMILES string of the molecule is O=C1CC(c2ccccc2)CC(O)=C1C=NC1CCCNC1. The molecule has 0 bridgehead atoms. The summed E-state index contributed by atoms with van der Waals surface area (Å²) in [7, 11) is 0. The van der Waals surface area contributed by atoms with Gasteiger partial charge in [0.1, 0.15) is 5.76 Å². The monoisotopic (exact) mass is 298 g/mol. The second-order valence-corrected chi connectivity index (χ2v) is 6.08. The van der Waals surface area contributed by atoms with Gasteiger partial charge < -0.3 is 10.4 Å². The predicted octanol–water partition coefficient (Wildman–Crippen LogP) is 2.77. The second kappa shape index (κ2) is 6.88. The molecular weight excluding hydrogens is 276 g/mol. The molecular formula is C18H22N2O2. The number of aliphatic hydroxyl groups is 1. The van der Waals surface area contributed by atoms with Gasteiger partial charge in [-0.3, -0.25) is 9.79 Å². The van der Waals surface area contributed by atoms with E-state index in [9.17, 15) is 9.90 Å². The summed E-state index contributed by atoms with van der Waals surface area (Å²) in [5, 5.41) is 13.5. The molecule has 1 aliphatic carbocycles. The number of allylic oxidation sites excluding steroid dienone is 2. The van der Waals surface area contributed by atoms with E-state index in [-0.39, 0.29) is 23.5 Å². The zero-order chi connectivity index (χ0) is 15.4. The van der Waals surface area contributed by atoms with Crippen molar-refractivity contribution < 1.29 is 9.90 Å². The van der Waals surface area contributed by atoms with E-state index < -0.39 is 0 Å². The Labute approximate surface area is 131 Å². The Balaban J connectivity index is 1.72. The number of aliphatic hydroxyl groups excluding tert-OH is 1. The van der Waals surface area contributed by atoms with Gasteiger partial charge in [-0.25, -0.2) is 0 Å². The number of nitrogens with zero attached hydrogens (tertiary/aromatic N) is 1. The first-order valence-corrected chi connectivity index (χ1v) is 7.98. The van der Waals surface area contributed by atoms with Gasteiger partial charge in [0.05, 0.1) is 11.6 Å². The lowest BCUT2D eigenvalue weighted by Crippen LogP contribution is -2.32. The van der Waals surface area contributed by atoms with Crippen LogP contribution in [0.1, 0.15) is 37.2 Å². The van der Waals surface area contributed by atoms with E-state index in [1.807, 2.05) is 30.3 Å². The smallest absolute Gasteiger partial charge is 0.168 e. The first kappa shape index (κ1) is 15.0. The van der Waals surface area contributed by atoms with Gasteiger partial charge in [-0.1, -0.05) is 30.3 Å². The van der Waals surface area contributed by atoms with Crippen molar-refractivity contribution in [2.45, 2.75) is 37.6 Å². The molecule has 0 radical (unpaired) electrons. The lowest BCUT2D eigenvalue weighted by Gasteiger charge is -2.23. The van der Waals surface area contributed by atoms with Crippen LogP contribution in [-0.2, 0) is 4.79 Å². The van der Waals surface area contributed by atoms with Crippen LogP contribution in [-0.4, -0.2) is 36.2 Å². The van der Waals surface area contributed by atoms with Crippen molar-refractivity contribution in [2.75, 3.05) is 13.1 Å². The summed E-state index contributed by atoms with van der Waals surface area (Å²) in [5.74, 6) is 0.241. The second-order valence-electron chi connectivity index (χ2n) is 6.08. The van der Waals surface area contributed by atoms with Crippen LogP contribution in [0.2, 0.25) is 0 Å². The number of hydrogen-bond acceptors (Lipinski definition) is 4. The normalized spacial score (nSPS) is 26.6. The number of rotatable bonds is 3. The van der Waals surface area contributed by atoms with Crippen molar-refractivity contribution >= 4 is 12.0 Å². The first-order chi connectivity index (χ1) is 10.7. The molecule has 0 aromatic heterocycles. The third kappa shape index (κ3) is 3.45. The van der Waals surface area contributed by atoms with Crippen LogP contribution in [0, 0.1) is 0 Å². The summed E-state index contributed by atoms with van der Waals surface area (Å²) in [6.07, 6.45) is 4.70. The molecule has 1 fully saturated rings. The molecule has 4 nitrogen and oxygen atoms in total. The van der Waals surface area contributed by atoms with Crippen molar-refractivity contribution in [1.82, 2.24) is 5.32 Å². The molecule has 2 atom stereocenters. The van der Waals surface area contributed by atoms with Crippen molar-refractivity contribution in [2.24, 2.45) is 4.99 Å². The molecule has 1 aliphatic heterocycles. The van der Waals surface area contributed by atoms with Crippen LogP contribution in [0.25, 0.3) is 0 Å². The van der Waals surface area contributed by atoms with Crippen LogP contribution < -0.4 is 5.32 Å². The third-order valence-electron chi connectivity index (χ3n) is 4.44. The van der Waals surface area contributed by atoms with Crippen LogP contribution in [0.3, 0.4) is 0 Å². The van der Waals surface area contributed by atoms with Crippen molar-refractivity contribution in [3.8, 4) is 0 Å². The molecule has 1 aromatic carbocycles. The number of aliphatic imine (C=N–C) groups is 1. The number of hydrogen-bond donors (Lipinski definition) is 2. The van der Waals surface area contributed by atoms with Crippen molar-refractivity contribution in [3.63, 3.8) is 0 Å². The highest BCUT2D eigenvalue weighted by atomic mass is 16.3. The molecule has 2 N–H and O–H groups in total. The third-order valence-corrected chi connectivity index (χ3v) is 4.44. The lowest BCUT2D eigenvalue weighted by atomic mass is 9.83. The van der Waals surface area contributed by atoms with E-state index in [0.29, 0.717) is 18.4 Å². The van der Waals surface area contributed by atoms with Gasteiger partial charge in [-0.15, -0.1) is 0 Å². The maximum atomic E-state index is 12.3. The summed E-state index contributed by atoms with van der Waals surface area (Å²) in [6.45, 7) is 1.89. The molecule has 1 saturated heterocycles. The van der Waals surface area contributed by atoms with Crippen LogP contribution in [0.15, 0.2) is 46.7 Å². The van der Waals surface area contributed by atoms with E-state index in [1.54, 1.807) is 6.21 Å². The summed E-state index contributed by atoms with van der Waals surface area (Å²) in [5.41, 5.74) is 1.51. The minimum atomic E-state index is -0.00915. The first-order valence-electron chi connectivity index (χ1n) is 7.98. The maximum absolute atomic E-state index is 12.3. The van der Waals surface area contributed by atoms with E-state index >= 15 is 0 Å². The molecule has 1 aromatic rings. The quantitative estimate of drug-likeness (QED) is 0.844. The summed E-state index contributed by atoms with van der Waals surface area (Å²) in [6, 6.07) is 10.1. The van der Waals surface area contributed by atoms with E-state index in [4.69, 9.17) is 0 Å². The van der Waals surface area contributed by atoms with Gasteiger partial charge in [-0.05, 0) is 30.9 Å². The Bertz CT molecular complexity index is 586. The zero-order valence-electron chi connectivity index (χ0n) is 12.7. The van der Waals surface area contributed by atoms with Gasteiger partial charge in [0.15, 0.2) is 5.78 Å². The summed E-state index contributed by atoms with van der Waals surface area (Å²) < 4.78 is 0. The number of Topliss-reactive ketones (excluding diaryl/α,β-unsaturated/α-hetero) is 1. The minimum absolute atomic E-state index is 0.00915. The topological polar surface area (TPSA) is 61.7 Å². The standard InChI is InChI=1S/C18H22N2O2/c21-17-9-14(13-5-2-1-3-6-13)10-18(22)16(17)12-20-15-7-4-8-19-11-15/h1-3,5-6,12,14-15,19,21H,4,7-11H2. The number of piperidine rings is 1. The van der Waals surface area contributed by atoms with Gasteiger partial charge >= 0.3 is 0 Å². The van der Waals surface area contributed by atoms with E-state index in [2.05, 4.69) is 10.3 Å². The Morgan fingerprint density at radius 2 is 2.05 bits per heavy atom. The minimum Gasteiger partial charge on any atom is -0.511 e. The molecule has 1 heterocycles. The van der Waals surface area contributed by atoms with Crippen LogP contribution >= 0.6 is 0 Å². The van der Waals surface area contributed by atoms with E-state index in [1.165, 1.54) is 0 Å². The van der Waals surface area contributed by atoms with Crippen LogP contribution in [0.5, 0.6) is 0 Å². The van der Waals surface area contributed by atoms with Crippen LogP contribution in [0.4, 0.5) is 0 Å². The number of carbonyl (C=O) groups excluding carboxylic acids is 1. The number of benzene rings is 1. The number of nitrogens with one attached hydrogen (secondary N) is 1. The highest BCUT2D eigenvalue weighted by molar-refractivity contribution is 6.14. The Morgan fingerprint density at radius 1 is 1.23 bits per heavy atom. The number of ketones is 1. The van der Waals surface area contributed by atoms with Crippen molar-refractivity contribution in [1.29, 1.82) is 0 Å². The van der Waals surface area contributed by atoms with Gasteiger partial charge in [-0.2, -0.15) is 0 Å². The molecule has 0 spiro atoms. The maximum Gasteiger partial charge on any atom is 0.168 e. The average Bonchev–Trinajstić information content (AvgIpc) is 2.56. The van der Waals surface area contributed by atoms with Gasteiger partial charge in [0.25, 0.3) is 0 Å². The fraction of sp³-hybridized carbons (Fsp3) is 0.444. The fourth-order valence-electron chi connectivity index (χ4n) is 3.16. The molecule has 4 heteroatoms. The summed E-state index contributed by atoms with van der Waals surface area (Å²) >= 11 is 0. The zero-order valence-corrected chi connectivity index (χ0v) is 12.7. The Kier molecular flexibility index (Phi) is 4.68. The number of carbonyl (C=O) groups is 1.